The van der Waals surface area contributed by atoms with Crippen LogP contribution in [-0.2, 0) is 11.3 Å². The van der Waals surface area contributed by atoms with Gasteiger partial charge in [0.2, 0.25) is 5.91 Å². The monoisotopic (exact) mass is 278 g/mol. The normalized spacial score (nSPS) is 18.1. The van der Waals surface area contributed by atoms with Crippen LogP contribution < -0.4 is 0 Å². The van der Waals surface area contributed by atoms with E-state index in [9.17, 15) is 9.59 Å². The van der Waals surface area contributed by atoms with E-state index in [4.69, 9.17) is 0 Å². The van der Waals surface area contributed by atoms with Gasteiger partial charge in [-0.3, -0.25) is 9.59 Å². The summed E-state index contributed by atoms with van der Waals surface area (Å²) in [5.74, 6) is 0.783. The first-order valence-electron chi connectivity index (χ1n) is 6.92. The molecule has 0 bridgehead atoms. The maximum atomic E-state index is 12.2. The average molecular weight is 278 g/mol. The van der Waals surface area contributed by atoms with Crippen LogP contribution in [0.1, 0.15) is 43.1 Å². The second-order valence-corrected chi connectivity index (χ2v) is 5.74. The van der Waals surface area contributed by atoms with Crippen molar-refractivity contribution in [2.75, 3.05) is 20.6 Å². The van der Waals surface area contributed by atoms with E-state index in [-0.39, 0.29) is 23.8 Å². The molecule has 6 nitrogen and oxygen atoms in total. The van der Waals surface area contributed by atoms with Crippen LogP contribution in [-0.4, -0.2) is 51.8 Å². The number of fused-ring (bicyclic) bond motifs is 1. The molecule has 2 amide bonds. The van der Waals surface area contributed by atoms with E-state index < -0.39 is 0 Å². The number of amides is 2. The largest absolute Gasteiger partial charge is 0.343 e. The first kappa shape index (κ1) is 14.6. The highest BCUT2D eigenvalue weighted by atomic mass is 16.2. The summed E-state index contributed by atoms with van der Waals surface area (Å²) < 4.78 is 1.98. The van der Waals surface area contributed by atoms with Gasteiger partial charge in [-0.1, -0.05) is 13.8 Å². The maximum Gasteiger partial charge on any atom is 0.273 e. The summed E-state index contributed by atoms with van der Waals surface area (Å²) in [6.07, 6.45) is 1.78. The van der Waals surface area contributed by atoms with Crippen LogP contribution in [0.2, 0.25) is 0 Å². The van der Waals surface area contributed by atoms with Crippen LogP contribution in [0.15, 0.2) is 6.20 Å². The van der Waals surface area contributed by atoms with Gasteiger partial charge in [0.25, 0.3) is 5.91 Å². The predicted molar refractivity (Wildman–Crippen MR) is 75.2 cm³/mol. The molecular weight excluding hydrogens is 256 g/mol. The Morgan fingerprint density at radius 1 is 1.35 bits per heavy atom. The first-order valence-corrected chi connectivity index (χ1v) is 6.92. The molecule has 2 rings (SSSR count). The van der Waals surface area contributed by atoms with E-state index in [1.807, 2.05) is 30.2 Å². The van der Waals surface area contributed by atoms with Crippen LogP contribution in [0.3, 0.4) is 0 Å². The molecule has 0 radical (unpaired) electrons. The number of hydrogen-bond acceptors (Lipinski definition) is 3. The molecule has 0 fully saturated rings. The highest BCUT2D eigenvalue weighted by molar-refractivity contribution is 5.91. The lowest BCUT2D eigenvalue weighted by atomic mass is 10.1. The third kappa shape index (κ3) is 2.42. The van der Waals surface area contributed by atoms with Gasteiger partial charge in [0.15, 0.2) is 0 Å². The third-order valence-corrected chi connectivity index (χ3v) is 3.63. The van der Waals surface area contributed by atoms with Crippen molar-refractivity contribution >= 4 is 11.8 Å². The zero-order chi connectivity index (χ0) is 15.0. The van der Waals surface area contributed by atoms with Crippen LogP contribution in [0.4, 0.5) is 0 Å². The summed E-state index contributed by atoms with van der Waals surface area (Å²) in [6, 6.07) is -0.0950. The molecule has 20 heavy (non-hydrogen) atoms. The second kappa shape index (κ2) is 5.26. The Hall–Kier alpha value is -1.85. The van der Waals surface area contributed by atoms with Crippen molar-refractivity contribution in [1.82, 2.24) is 19.4 Å². The number of carbonyl (C=O) groups is 2. The van der Waals surface area contributed by atoms with Crippen LogP contribution in [0.5, 0.6) is 0 Å². The Balaban J connectivity index is 2.29. The lowest BCUT2D eigenvalue weighted by molar-refractivity contribution is -0.137. The first-order chi connectivity index (χ1) is 9.32. The molecule has 1 aromatic heterocycles. The SMILES string of the molecule is CC(C)C(=O)N1CCn2cc(C(=O)N(C)C)nc2[C@@H]1C. The molecule has 6 heteroatoms. The zero-order valence-corrected chi connectivity index (χ0v) is 12.8. The molecule has 0 aliphatic carbocycles. The van der Waals surface area contributed by atoms with Crippen LogP contribution in [0, 0.1) is 5.92 Å². The van der Waals surface area contributed by atoms with Gasteiger partial charge in [0, 0.05) is 39.3 Å². The fourth-order valence-corrected chi connectivity index (χ4v) is 2.46. The standard InChI is InChI=1S/C14H22N4O2/c1-9(2)13(19)18-7-6-17-8-11(14(20)16(4)5)15-12(17)10(18)3/h8-10H,6-7H2,1-5H3/t10-/m0/s1. The number of rotatable bonds is 2. The molecule has 1 aliphatic rings. The van der Waals surface area contributed by atoms with Crippen molar-refractivity contribution in [3.8, 4) is 0 Å². The summed E-state index contributed by atoms with van der Waals surface area (Å²) in [6.45, 7) is 7.11. The van der Waals surface area contributed by atoms with Gasteiger partial charge in [-0.15, -0.1) is 0 Å². The molecular formula is C14H22N4O2. The summed E-state index contributed by atoms with van der Waals surface area (Å²) in [5.41, 5.74) is 0.440. The molecule has 110 valence electrons. The Labute approximate surface area is 119 Å². The molecule has 1 aromatic rings. The zero-order valence-electron chi connectivity index (χ0n) is 12.8. The minimum Gasteiger partial charge on any atom is -0.343 e. The Morgan fingerprint density at radius 2 is 2.00 bits per heavy atom. The van der Waals surface area contributed by atoms with E-state index in [1.54, 1.807) is 20.3 Å². The topological polar surface area (TPSA) is 58.4 Å². The van der Waals surface area contributed by atoms with E-state index in [0.717, 1.165) is 5.82 Å². The maximum absolute atomic E-state index is 12.2. The van der Waals surface area contributed by atoms with Gasteiger partial charge in [-0.2, -0.15) is 0 Å². The summed E-state index contributed by atoms with van der Waals surface area (Å²) in [5, 5.41) is 0. The second-order valence-electron chi connectivity index (χ2n) is 5.74. The lowest BCUT2D eigenvalue weighted by Crippen LogP contribution is -2.42. The average Bonchev–Trinajstić information content (AvgIpc) is 2.82. The Morgan fingerprint density at radius 3 is 2.55 bits per heavy atom. The number of hydrogen-bond donors (Lipinski definition) is 0. The van der Waals surface area contributed by atoms with Gasteiger partial charge in [-0.05, 0) is 6.92 Å². The molecule has 1 atom stereocenters. The summed E-state index contributed by atoms with van der Waals surface area (Å²) in [7, 11) is 3.41. The van der Waals surface area contributed by atoms with E-state index in [0.29, 0.717) is 18.8 Å². The molecule has 2 heterocycles. The molecule has 0 spiro atoms. The van der Waals surface area contributed by atoms with Crippen molar-refractivity contribution < 1.29 is 9.59 Å². The van der Waals surface area contributed by atoms with E-state index >= 15 is 0 Å². The van der Waals surface area contributed by atoms with Gasteiger partial charge in [-0.25, -0.2) is 4.98 Å². The van der Waals surface area contributed by atoms with Gasteiger partial charge in [0.05, 0.1) is 6.04 Å². The highest BCUT2D eigenvalue weighted by Gasteiger charge is 2.31. The van der Waals surface area contributed by atoms with Crippen molar-refractivity contribution in [3.63, 3.8) is 0 Å². The van der Waals surface area contributed by atoms with E-state index in [1.165, 1.54) is 4.90 Å². The minimum absolute atomic E-state index is 0.0261. The fourth-order valence-electron chi connectivity index (χ4n) is 2.46. The number of aromatic nitrogens is 2. The van der Waals surface area contributed by atoms with Crippen molar-refractivity contribution in [2.24, 2.45) is 5.92 Å². The molecule has 0 unspecified atom stereocenters. The molecule has 0 saturated carbocycles. The lowest BCUT2D eigenvalue weighted by Gasteiger charge is -2.34. The predicted octanol–water partition coefficient (Wildman–Crippen LogP) is 1.14. The third-order valence-electron chi connectivity index (χ3n) is 3.63. The smallest absolute Gasteiger partial charge is 0.273 e. The molecule has 0 N–H and O–H groups in total. The number of carbonyl (C=O) groups excluding carboxylic acids is 2. The Bertz CT molecular complexity index is 533. The minimum atomic E-state index is -0.110. The van der Waals surface area contributed by atoms with Gasteiger partial charge >= 0.3 is 0 Å². The van der Waals surface area contributed by atoms with Crippen molar-refractivity contribution in [3.05, 3.63) is 17.7 Å². The highest BCUT2D eigenvalue weighted by Crippen LogP contribution is 2.26. The number of imidazole rings is 1. The molecule has 0 saturated heterocycles. The van der Waals surface area contributed by atoms with E-state index in [2.05, 4.69) is 4.98 Å². The van der Waals surface area contributed by atoms with Gasteiger partial charge < -0.3 is 14.4 Å². The fraction of sp³-hybridized carbons (Fsp3) is 0.643. The van der Waals surface area contributed by atoms with Crippen LogP contribution in [0.25, 0.3) is 0 Å². The van der Waals surface area contributed by atoms with Crippen molar-refractivity contribution in [2.45, 2.75) is 33.4 Å². The van der Waals surface area contributed by atoms with Gasteiger partial charge in [0.1, 0.15) is 11.5 Å². The van der Waals surface area contributed by atoms with Crippen molar-refractivity contribution in [1.29, 1.82) is 0 Å². The summed E-state index contributed by atoms with van der Waals surface area (Å²) in [4.78, 5) is 31.9. The van der Waals surface area contributed by atoms with Crippen LogP contribution >= 0.6 is 0 Å². The quantitative estimate of drug-likeness (QED) is 0.815. The number of nitrogens with zero attached hydrogens (tertiary/aromatic N) is 4. The summed E-state index contributed by atoms with van der Waals surface area (Å²) >= 11 is 0. The Kier molecular flexibility index (Phi) is 3.83. The molecule has 1 aliphatic heterocycles. The molecule has 0 aromatic carbocycles.